The van der Waals surface area contributed by atoms with E-state index in [1.165, 1.54) is 0 Å². The maximum atomic E-state index is 5.32. The molecule has 0 saturated heterocycles. The molecular formula is C13H14BrN3O. The topological polar surface area (TPSA) is 47.0 Å². The molecule has 1 aromatic heterocycles. The Bertz CT molecular complexity index is 546. The molecule has 1 heterocycles. The van der Waals surface area contributed by atoms with Gasteiger partial charge in [0.15, 0.2) is 5.82 Å². The first-order chi connectivity index (χ1) is 8.76. The van der Waals surface area contributed by atoms with Crippen LogP contribution in [-0.4, -0.2) is 23.6 Å². The van der Waals surface area contributed by atoms with Gasteiger partial charge in [0.2, 0.25) is 0 Å². The van der Waals surface area contributed by atoms with Gasteiger partial charge in [0.05, 0.1) is 17.1 Å². The maximum Gasteiger partial charge on any atom is 0.165 e. The van der Waals surface area contributed by atoms with Crippen molar-refractivity contribution in [3.63, 3.8) is 0 Å². The molecule has 2 rings (SSSR count). The predicted molar refractivity (Wildman–Crippen MR) is 75.9 cm³/mol. The Hall–Kier alpha value is -1.62. The molecule has 0 unspecified atom stereocenters. The summed E-state index contributed by atoms with van der Waals surface area (Å²) in [5.74, 6) is 2.20. The molecule has 0 amide bonds. The Kier molecular flexibility index (Phi) is 4.15. The highest BCUT2D eigenvalue weighted by Crippen LogP contribution is 2.29. The zero-order valence-electron chi connectivity index (χ0n) is 10.3. The number of para-hydroxylation sites is 1. The van der Waals surface area contributed by atoms with Crippen molar-refractivity contribution in [2.45, 2.75) is 6.92 Å². The first-order valence-electron chi connectivity index (χ1n) is 5.66. The van der Waals surface area contributed by atoms with Crippen molar-refractivity contribution in [3.05, 3.63) is 34.9 Å². The number of nitrogens with one attached hydrogen (secondary N) is 1. The molecule has 2 aromatic rings. The summed E-state index contributed by atoms with van der Waals surface area (Å²) in [5, 5.41) is 3.18. The molecule has 0 saturated carbocycles. The molecule has 18 heavy (non-hydrogen) atoms. The second-order valence-electron chi connectivity index (χ2n) is 3.62. The first kappa shape index (κ1) is 12.8. The van der Waals surface area contributed by atoms with Crippen molar-refractivity contribution in [1.29, 1.82) is 0 Å². The van der Waals surface area contributed by atoms with Gasteiger partial charge in [-0.3, -0.25) is 0 Å². The van der Waals surface area contributed by atoms with E-state index in [0.717, 1.165) is 28.1 Å². The van der Waals surface area contributed by atoms with E-state index >= 15 is 0 Å². The van der Waals surface area contributed by atoms with Crippen LogP contribution in [0.2, 0.25) is 0 Å². The Labute approximate surface area is 115 Å². The quantitative estimate of drug-likeness (QED) is 0.941. The Balaban J connectivity index is 2.47. The van der Waals surface area contributed by atoms with E-state index in [9.17, 15) is 0 Å². The van der Waals surface area contributed by atoms with E-state index in [1.54, 1.807) is 13.3 Å². The number of nitrogens with zero attached hydrogens (tertiary/aromatic N) is 2. The van der Waals surface area contributed by atoms with E-state index in [1.807, 2.05) is 31.2 Å². The van der Waals surface area contributed by atoms with Crippen molar-refractivity contribution >= 4 is 21.7 Å². The highest BCUT2D eigenvalue weighted by atomic mass is 79.9. The van der Waals surface area contributed by atoms with Crippen LogP contribution in [0.25, 0.3) is 11.4 Å². The minimum absolute atomic E-state index is 0.645. The van der Waals surface area contributed by atoms with Gasteiger partial charge in [-0.2, -0.15) is 0 Å². The van der Waals surface area contributed by atoms with Crippen LogP contribution in [0, 0.1) is 0 Å². The molecule has 1 N–H and O–H groups in total. The van der Waals surface area contributed by atoms with Crippen LogP contribution in [-0.2, 0) is 0 Å². The standard InChI is InChI=1S/C13H14BrN3O/c1-3-15-13-10(14)8-16-12(17-13)9-6-4-5-7-11(9)18-2/h4-8H,3H2,1-2H3,(H,15,16,17). The Morgan fingerprint density at radius 3 is 2.83 bits per heavy atom. The molecule has 0 atom stereocenters. The summed E-state index contributed by atoms with van der Waals surface area (Å²) < 4.78 is 6.17. The van der Waals surface area contributed by atoms with Crippen molar-refractivity contribution in [2.24, 2.45) is 0 Å². The number of aromatic nitrogens is 2. The van der Waals surface area contributed by atoms with E-state index in [0.29, 0.717) is 5.82 Å². The average Bonchev–Trinajstić information content (AvgIpc) is 2.41. The molecular weight excluding hydrogens is 294 g/mol. The zero-order valence-corrected chi connectivity index (χ0v) is 11.9. The lowest BCUT2D eigenvalue weighted by molar-refractivity contribution is 0.416. The fraction of sp³-hybridized carbons (Fsp3) is 0.231. The van der Waals surface area contributed by atoms with Crippen molar-refractivity contribution in [1.82, 2.24) is 9.97 Å². The van der Waals surface area contributed by atoms with Gasteiger partial charge < -0.3 is 10.1 Å². The van der Waals surface area contributed by atoms with Gasteiger partial charge in [-0.1, -0.05) is 12.1 Å². The second kappa shape index (κ2) is 5.82. The van der Waals surface area contributed by atoms with Crippen LogP contribution < -0.4 is 10.1 Å². The smallest absolute Gasteiger partial charge is 0.165 e. The Morgan fingerprint density at radius 2 is 2.11 bits per heavy atom. The van der Waals surface area contributed by atoms with E-state index in [4.69, 9.17) is 4.74 Å². The van der Waals surface area contributed by atoms with E-state index < -0.39 is 0 Å². The number of ether oxygens (including phenoxy) is 1. The number of hydrogen-bond acceptors (Lipinski definition) is 4. The van der Waals surface area contributed by atoms with Gasteiger partial charge in [0.25, 0.3) is 0 Å². The minimum atomic E-state index is 0.645. The Morgan fingerprint density at radius 1 is 1.33 bits per heavy atom. The molecule has 1 aromatic carbocycles. The van der Waals surface area contributed by atoms with Crippen LogP contribution in [0.15, 0.2) is 34.9 Å². The molecule has 5 heteroatoms. The van der Waals surface area contributed by atoms with Gasteiger partial charge in [-0.05, 0) is 35.0 Å². The minimum Gasteiger partial charge on any atom is -0.496 e. The van der Waals surface area contributed by atoms with E-state index in [2.05, 4.69) is 31.2 Å². The molecule has 0 aliphatic carbocycles. The number of anilines is 1. The lowest BCUT2D eigenvalue weighted by Crippen LogP contribution is -2.02. The molecule has 94 valence electrons. The molecule has 0 spiro atoms. The SMILES string of the molecule is CCNc1nc(-c2ccccc2OC)ncc1Br. The molecule has 0 aliphatic heterocycles. The largest absolute Gasteiger partial charge is 0.496 e. The van der Waals surface area contributed by atoms with Gasteiger partial charge in [-0.15, -0.1) is 0 Å². The van der Waals surface area contributed by atoms with Crippen molar-refractivity contribution < 1.29 is 4.74 Å². The summed E-state index contributed by atoms with van der Waals surface area (Å²) in [6.07, 6.45) is 1.74. The lowest BCUT2D eigenvalue weighted by atomic mass is 10.2. The predicted octanol–water partition coefficient (Wildman–Crippen LogP) is 3.35. The number of hydrogen-bond donors (Lipinski definition) is 1. The second-order valence-corrected chi connectivity index (χ2v) is 4.48. The highest BCUT2D eigenvalue weighted by Gasteiger charge is 2.10. The third-order valence-corrected chi connectivity index (χ3v) is 3.02. The molecule has 0 radical (unpaired) electrons. The molecule has 0 bridgehead atoms. The van der Waals surface area contributed by atoms with Crippen LogP contribution in [0.5, 0.6) is 5.75 Å². The molecule has 0 fully saturated rings. The maximum absolute atomic E-state index is 5.32. The third kappa shape index (κ3) is 2.61. The third-order valence-electron chi connectivity index (χ3n) is 2.44. The summed E-state index contributed by atoms with van der Waals surface area (Å²) in [4.78, 5) is 8.81. The first-order valence-corrected chi connectivity index (χ1v) is 6.45. The van der Waals surface area contributed by atoms with E-state index in [-0.39, 0.29) is 0 Å². The summed E-state index contributed by atoms with van der Waals surface area (Å²) in [6, 6.07) is 7.70. The number of halogens is 1. The summed E-state index contributed by atoms with van der Waals surface area (Å²) in [6.45, 7) is 2.83. The monoisotopic (exact) mass is 307 g/mol. The van der Waals surface area contributed by atoms with Crippen molar-refractivity contribution in [2.75, 3.05) is 19.0 Å². The van der Waals surface area contributed by atoms with Gasteiger partial charge in [0, 0.05) is 12.7 Å². The van der Waals surface area contributed by atoms with Crippen LogP contribution in [0.3, 0.4) is 0 Å². The number of rotatable bonds is 4. The number of methoxy groups -OCH3 is 1. The summed E-state index contributed by atoms with van der Waals surface area (Å²) in [7, 11) is 1.64. The molecule has 4 nitrogen and oxygen atoms in total. The van der Waals surface area contributed by atoms with Crippen molar-refractivity contribution in [3.8, 4) is 17.1 Å². The lowest BCUT2D eigenvalue weighted by Gasteiger charge is -2.09. The van der Waals surface area contributed by atoms with Crippen LogP contribution in [0.1, 0.15) is 6.92 Å². The highest BCUT2D eigenvalue weighted by molar-refractivity contribution is 9.10. The number of benzene rings is 1. The normalized spacial score (nSPS) is 10.2. The summed E-state index contributed by atoms with van der Waals surface area (Å²) in [5.41, 5.74) is 0.881. The van der Waals surface area contributed by atoms with Crippen LogP contribution in [0.4, 0.5) is 5.82 Å². The zero-order chi connectivity index (χ0) is 13.0. The van der Waals surface area contributed by atoms with Gasteiger partial charge in [0.1, 0.15) is 11.6 Å². The summed E-state index contributed by atoms with van der Waals surface area (Å²) >= 11 is 3.42. The van der Waals surface area contributed by atoms with Crippen LogP contribution >= 0.6 is 15.9 Å². The fourth-order valence-corrected chi connectivity index (χ4v) is 1.95. The average molecular weight is 308 g/mol. The van der Waals surface area contributed by atoms with Gasteiger partial charge >= 0.3 is 0 Å². The molecule has 0 aliphatic rings. The van der Waals surface area contributed by atoms with Gasteiger partial charge in [-0.25, -0.2) is 9.97 Å². The fourth-order valence-electron chi connectivity index (χ4n) is 1.62.